The van der Waals surface area contributed by atoms with Gasteiger partial charge in [-0.1, -0.05) is 0 Å². The molecule has 2 rings (SSSR count). The molecule has 1 heterocycles. The second-order valence-electron chi connectivity index (χ2n) is 4.87. The minimum Gasteiger partial charge on any atom is -0.454 e. The molecule has 1 aromatic rings. The van der Waals surface area contributed by atoms with E-state index in [1.165, 1.54) is 13.8 Å². The van der Waals surface area contributed by atoms with Crippen LogP contribution in [0.2, 0.25) is 0 Å². The lowest BCUT2D eigenvalue weighted by Gasteiger charge is -2.17. The summed E-state index contributed by atoms with van der Waals surface area (Å²) in [4.78, 5) is 11.6. The van der Waals surface area contributed by atoms with Gasteiger partial charge in [-0.15, -0.1) is 0 Å². The summed E-state index contributed by atoms with van der Waals surface area (Å²) in [6.45, 7) is 5.43. The third kappa shape index (κ3) is 2.56. The van der Waals surface area contributed by atoms with Crippen LogP contribution in [0.4, 0.5) is 0 Å². The van der Waals surface area contributed by atoms with Crippen molar-refractivity contribution < 1.29 is 19.4 Å². The number of hydrogen-bond donors (Lipinski definition) is 2. The van der Waals surface area contributed by atoms with Gasteiger partial charge in [0, 0.05) is 6.54 Å². The molecule has 0 radical (unpaired) electrons. The maximum atomic E-state index is 11.6. The summed E-state index contributed by atoms with van der Waals surface area (Å²) in [5, 5.41) is 12.2. The summed E-state index contributed by atoms with van der Waals surface area (Å²) >= 11 is 0. The van der Waals surface area contributed by atoms with Crippen molar-refractivity contribution in [2.75, 3.05) is 6.79 Å². The average Bonchev–Trinajstić information content (AvgIpc) is 2.70. The van der Waals surface area contributed by atoms with Crippen LogP contribution in [-0.4, -0.2) is 23.4 Å². The lowest BCUT2D eigenvalue weighted by molar-refractivity contribution is -0.136. The molecule has 2 N–H and O–H groups in total. The Morgan fingerprint density at radius 3 is 2.61 bits per heavy atom. The van der Waals surface area contributed by atoms with Crippen molar-refractivity contribution in [3.05, 3.63) is 23.3 Å². The number of hydrogen-bond acceptors (Lipinski definition) is 4. The number of carbonyl (C=O) groups is 1. The van der Waals surface area contributed by atoms with Crippen LogP contribution in [0.3, 0.4) is 0 Å². The van der Waals surface area contributed by atoms with Crippen molar-refractivity contribution >= 4 is 5.91 Å². The van der Waals surface area contributed by atoms with Gasteiger partial charge in [0.25, 0.3) is 5.91 Å². The molecule has 0 unspecified atom stereocenters. The molecule has 1 aliphatic heterocycles. The smallest absolute Gasteiger partial charge is 0.251 e. The van der Waals surface area contributed by atoms with Crippen molar-refractivity contribution in [1.29, 1.82) is 0 Å². The van der Waals surface area contributed by atoms with E-state index in [0.717, 1.165) is 16.9 Å². The van der Waals surface area contributed by atoms with E-state index in [1.54, 1.807) is 0 Å². The quantitative estimate of drug-likeness (QED) is 0.844. The Balaban J connectivity index is 2.09. The maximum absolute atomic E-state index is 11.6. The zero-order valence-electron chi connectivity index (χ0n) is 10.7. The van der Waals surface area contributed by atoms with E-state index in [4.69, 9.17) is 9.47 Å². The molecule has 1 aromatic carbocycles. The third-order valence-corrected chi connectivity index (χ3v) is 2.83. The van der Waals surface area contributed by atoms with Crippen LogP contribution in [0.15, 0.2) is 12.1 Å². The van der Waals surface area contributed by atoms with E-state index >= 15 is 0 Å². The van der Waals surface area contributed by atoms with Gasteiger partial charge < -0.3 is 19.9 Å². The molecule has 0 atom stereocenters. The lowest BCUT2D eigenvalue weighted by Crippen LogP contribution is -2.41. The topological polar surface area (TPSA) is 67.8 Å². The van der Waals surface area contributed by atoms with Crippen molar-refractivity contribution in [1.82, 2.24) is 5.32 Å². The number of fused-ring (bicyclic) bond motifs is 1. The predicted octanol–water partition coefficient (Wildman–Crippen LogP) is 1.11. The molecule has 0 aliphatic carbocycles. The van der Waals surface area contributed by atoms with Gasteiger partial charge in [-0.2, -0.15) is 0 Å². The standard InChI is InChI=1S/C13H17NO4/c1-8-4-10-11(18-7-17-10)5-9(8)6-14-12(15)13(2,3)16/h4-5,16H,6-7H2,1-3H3,(H,14,15). The van der Waals surface area contributed by atoms with Gasteiger partial charge in [-0.25, -0.2) is 0 Å². The Morgan fingerprint density at radius 1 is 1.39 bits per heavy atom. The fourth-order valence-corrected chi connectivity index (χ4v) is 1.67. The number of carbonyl (C=O) groups excluding carboxylic acids is 1. The van der Waals surface area contributed by atoms with Crippen LogP contribution >= 0.6 is 0 Å². The fraction of sp³-hybridized carbons (Fsp3) is 0.462. The molecular weight excluding hydrogens is 234 g/mol. The molecular formula is C13H17NO4. The molecule has 0 spiro atoms. The highest BCUT2D eigenvalue weighted by molar-refractivity contribution is 5.83. The zero-order valence-corrected chi connectivity index (χ0v) is 10.7. The highest BCUT2D eigenvalue weighted by atomic mass is 16.7. The van der Waals surface area contributed by atoms with Crippen LogP contribution in [-0.2, 0) is 11.3 Å². The molecule has 5 heteroatoms. The largest absolute Gasteiger partial charge is 0.454 e. The summed E-state index contributed by atoms with van der Waals surface area (Å²) < 4.78 is 10.5. The van der Waals surface area contributed by atoms with Crippen LogP contribution in [0.5, 0.6) is 11.5 Å². The van der Waals surface area contributed by atoms with E-state index in [-0.39, 0.29) is 6.79 Å². The van der Waals surface area contributed by atoms with Gasteiger partial charge in [-0.3, -0.25) is 4.79 Å². The molecule has 18 heavy (non-hydrogen) atoms. The summed E-state index contributed by atoms with van der Waals surface area (Å²) in [5.74, 6) is 1.01. The van der Waals surface area contributed by atoms with Gasteiger partial charge in [0.15, 0.2) is 11.5 Å². The van der Waals surface area contributed by atoms with Gasteiger partial charge >= 0.3 is 0 Å². The monoisotopic (exact) mass is 251 g/mol. The van der Waals surface area contributed by atoms with Crippen molar-refractivity contribution in [3.63, 3.8) is 0 Å². The Hall–Kier alpha value is -1.75. The predicted molar refractivity (Wildman–Crippen MR) is 65.4 cm³/mol. The number of ether oxygens (including phenoxy) is 2. The summed E-state index contributed by atoms with van der Waals surface area (Å²) in [5.41, 5.74) is 0.580. The van der Waals surface area contributed by atoms with Gasteiger partial charge in [0.1, 0.15) is 5.60 Å². The van der Waals surface area contributed by atoms with E-state index in [1.807, 2.05) is 19.1 Å². The first-order valence-corrected chi connectivity index (χ1v) is 5.78. The second-order valence-corrected chi connectivity index (χ2v) is 4.87. The SMILES string of the molecule is Cc1cc2c(cc1CNC(=O)C(C)(C)O)OCO2. The first-order valence-electron chi connectivity index (χ1n) is 5.78. The Bertz CT molecular complexity index is 477. The lowest BCUT2D eigenvalue weighted by atomic mass is 10.1. The number of amides is 1. The van der Waals surface area contributed by atoms with Crippen molar-refractivity contribution in [2.24, 2.45) is 0 Å². The molecule has 0 saturated carbocycles. The second kappa shape index (κ2) is 4.49. The Labute approximate surface area is 106 Å². The molecule has 0 saturated heterocycles. The van der Waals surface area contributed by atoms with Crippen molar-refractivity contribution in [2.45, 2.75) is 32.9 Å². The molecule has 0 bridgehead atoms. The molecule has 1 aliphatic rings. The maximum Gasteiger partial charge on any atom is 0.251 e. The van der Waals surface area contributed by atoms with Crippen LogP contribution in [0.1, 0.15) is 25.0 Å². The number of aryl methyl sites for hydroxylation is 1. The summed E-state index contributed by atoms with van der Waals surface area (Å²) in [7, 11) is 0. The number of aliphatic hydroxyl groups is 1. The number of benzene rings is 1. The van der Waals surface area contributed by atoms with E-state index in [9.17, 15) is 9.90 Å². The third-order valence-electron chi connectivity index (χ3n) is 2.83. The van der Waals surface area contributed by atoms with Crippen LogP contribution < -0.4 is 14.8 Å². The van der Waals surface area contributed by atoms with Gasteiger partial charge in [-0.05, 0) is 44.0 Å². The Morgan fingerprint density at radius 2 is 2.00 bits per heavy atom. The average molecular weight is 251 g/mol. The van der Waals surface area contributed by atoms with Gasteiger partial charge in [0.05, 0.1) is 0 Å². The first-order chi connectivity index (χ1) is 8.38. The minimum atomic E-state index is -1.37. The first kappa shape index (κ1) is 12.7. The normalized spacial score (nSPS) is 13.6. The van der Waals surface area contributed by atoms with Gasteiger partial charge in [0.2, 0.25) is 6.79 Å². The van der Waals surface area contributed by atoms with Crippen LogP contribution in [0.25, 0.3) is 0 Å². The highest BCUT2D eigenvalue weighted by Crippen LogP contribution is 2.34. The molecule has 1 amide bonds. The molecule has 98 valence electrons. The van der Waals surface area contributed by atoms with Crippen LogP contribution in [0, 0.1) is 6.92 Å². The Kier molecular flexibility index (Phi) is 3.17. The molecule has 0 fully saturated rings. The number of rotatable bonds is 3. The highest BCUT2D eigenvalue weighted by Gasteiger charge is 2.23. The van der Waals surface area contributed by atoms with Crippen molar-refractivity contribution in [3.8, 4) is 11.5 Å². The minimum absolute atomic E-state index is 0.230. The van der Waals surface area contributed by atoms with E-state index in [2.05, 4.69) is 5.32 Å². The summed E-state index contributed by atoms with van der Waals surface area (Å²) in [6, 6.07) is 3.73. The molecule has 0 aromatic heterocycles. The zero-order chi connectivity index (χ0) is 13.3. The number of nitrogens with one attached hydrogen (secondary N) is 1. The molecule has 5 nitrogen and oxygen atoms in total. The van der Waals surface area contributed by atoms with E-state index in [0.29, 0.717) is 12.3 Å². The summed E-state index contributed by atoms with van der Waals surface area (Å²) in [6.07, 6.45) is 0. The fourth-order valence-electron chi connectivity index (χ4n) is 1.67. The van der Waals surface area contributed by atoms with E-state index < -0.39 is 11.5 Å².